The van der Waals surface area contributed by atoms with Crippen LogP contribution in [0.4, 0.5) is 43.5 Å². The number of anilines is 2. The van der Waals surface area contributed by atoms with Crippen molar-refractivity contribution in [3.63, 3.8) is 0 Å². The van der Waals surface area contributed by atoms with E-state index in [1.807, 2.05) is 9.80 Å². The number of thiocarbonyl (C=S) groups is 1. The predicted octanol–water partition coefficient (Wildman–Crippen LogP) is 5.92. The number of benzene rings is 1. The van der Waals surface area contributed by atoms with Gasteiger partial charge in [-0.3, -0.25) is 10.1 Å². The Labute approximate surface area is 231 Å². The predicted molar refractivity (Wildman–Crippen MR) is 139 cm³/mol. The number of nitro benzene ring substituents is 1. The number of halogens is 6. The number of hydrogen-bond donors (Lipinski definition) is 1. The van der Waals surface area contributed by atoms with E-state index in [0.717, 1.165) is 24.4 Å². The summed E-state index contributed by atoms with van der Waals surface area (Å²) in [6.07, 6.45) is -5.86. The zero-order chi connectivity index (χ0) is 29.1. The molecule has 1 N–H and O–H groups in total. The van der Waals surface area contributed by atoms with E-state index in [9.17, 15) is 36.5 Å². The van der Waals surface area contributed by atoms with Crippen LogP contribution in [0.1, 0.15) is 36.8 Å². The molecule has 0 bridgehead atoms. The highest BCUT2D eigenvalue weighted by atomic mass is 32.1. The van der Waals surface area contributed by atoms with Gasteiger partial charge in [0.05, 0.1) is 23.2 Å². The third kappa shape index (κ3) is 7.50. The maximum atomic E-state index is 13.2. The van der Waals surface area contributed by atoms with E-state index < -0.39 is 34.1 Å². The Balaban J connectivity index is 1.19. The van der Waals surface area contributed by atoms with Crippen LogP contribution in [0.2, 0.25) is 0 Å². The lowest BCUT2D eigenvalue weighted by Gasteiger charge is -2.37. The molecule has 40 heavy (non-hydrogen) atoms. The van der Waals surface area contributed by atoms with Gasteiger partial charge in [-0.05, 0) is 49.9 Å². The zero-order valence-corrected chi connectivity index (χ0v) is 22.0. The fourth-order valence-electron chi connectivity index (χ4n) is 4.83. The molecule has 1 saturated heterocycles. The Kier molecular flexibility index (Phi) is 9.02. The molecular weight excluding hydrogens is 564 g/mol. The average Bonchev–Trinajstić information content (AvgIpc) is 2.91. The highest BCUT2D eigenvalue weighted by Gasteiger charge is 2.38. The number of alkyl halides is 6. The molecule has 1 aromatic heterocycles. The van der Waals surface area contributed by atoms with Crippen molar-refractivity contribution in [1.29, 1.82) is 0 Å². The largest absolute Gasteiger partial charge is 0.423 e. The summed E-state index contributed by atoms with van der Waals surface area (Å²) >= 11 is 5.53. The van der Waals surface area contributed by atoms with Gasteiger partial charge in [0.15, 0.2) is 0 Å². The molecule has 2 heterocycles. The van der Waals surface area contributed by atoms with Crippen LogP contribution in [0.15, 0.2) is 36.5 Å². The molecule has 2 aliphatic rings. The molecule has 218 valence electrons. The molecule has 0 atom stereocenters. The Morgan fingerprint density at radius 1 is 1.02 bits per heavy atom. The van der Waals surface area contributed by atoms with Crippen LogP contribution in [0.25, 0.3) is 0 Å². The number of hydrogen-bond acceptors (Lipinski definition) is 7. The molecule has 15 heteroatoms. The molecule has 2 aromatic rings. The quantitative estimate of drug-likeness (QED) is 0.184. The van der Waals surface area contributed by atoms with Crippen molar-refractivity contribution in [3.8, 4) is 0 Å². The number of aromatic nitrogens is 1. The van der Waals surface area contributed by atoms with Crippen LogP contribution in [0.3, 0.4) is 0 Å². The second-order valence-corrected chi connectivity index (χ2v) is 10.2. The van der Waals surface area contributed by atoms with Gasteiger partial charge >= 0.3 is 12.4 Å². The van der Waals surface area contributed by atoms with E-state index >= 15 is 0 Å². The molecule has 8 nitrogen and oxygen atoms in total. The monoisotopic (exact) mass is 591 g/mol. The maximum absolute atomic E-state index is 13.2. The summed E-state index contributed by atoms with van der Waals surface area (Å²) in [4.78, 5) is 18.4. The first-order chi connectivity index (χ1) is 18.8. The van der Waals surface area contributed by atoms with E-state index in [4.69, 9.17) is 17.0 Å². The van der Waals surface area contributed by atoms with E-state index in [0.29, 0.717) is 62.7 Å². The summed E-state index contributed by atoms with van der Waals surface area (Å²) in [6.45, 7) is 2.50. The van der Waals surface area contributed by atoms with Crippen LogP contribution in [0.5, 0.6) is 0 Å². The van der Waals surface area contributed by atoms with Crippen molar-refractivity contribution in [3.05, 3.63) is 57.8 Å². The lowest BCUT2D eigenvalue weighted by atomic mass is 9.92. The zero-order valence-electron chi connectivity index (χ0n) is 21.2. The van der Waals surface area contributed by atoms with Gasteiger partial charge in [0.25, 0.3) is 5.69 Å². The summed E-state index contributed by atoms with van der Waals surface area (Å²) in [5, 5.41) is 14.0. The normalized spacial score (nSPS) is 20.4. The summed E-state index contributed by atoms with van der Waals surface area (Å²) in [6, 6.07) is 5.20. The van der Waals surface area contributed by atoms with Crippen molar-refractivity contribution in [2.45, 2.75) is 50.2 Å². The van der Waals surface area contributed by atoms with Gasteiger partial charge in [0.1, 0.15) is 16.4 Å². The van der Waals surface area contributed by atoms with Crippen molar-refractivity contribution in [2.75, 3.05) is 43.0 Å². The molecule has 0 spiro atoms. The minimum atomic E-state index is -4.84. The second kappa shape index (κ2) is 12.1. The molecular formula is C25H27F6N5O3S. The fourth-order valence-corrected chi connectivity index (χ4v) is 5.08. The summed E-state index contributed by atoms with van der Waals surface area (Å²) in [7, 11) is 0. The van der Waals surface area contributed by atoms with Crippen LogP contribution in [0, 0.1) is 10.1 Å². The first kappa shape index (κ1) is 29.8. The summed E-state index contributed by atoms with van der Waals surface area (Å²) in [5.74, 6) is 0.476. The minimum Gasteiger partial charge on any atom is -0.382 e. The molecule has 0 unspecified atom stereocenters. The molecule has 4 rings (SSSR count). The van der Waals surface area contributed by atoms with E-state index in [1.165, 1.54) is 12.1 Å². The number of piperazine rings is 1. The number of nitro groups is 1. The maximum Gasteiger partial charge on any atom is 0.423 e. The average molecular weight is 592 g/mol. The van der Waals surface area contributed by atoms with Crippen LogP contribution >= 0.6 is 12.2 Å². The third-order valence-electron chi connectivity index (χ3n) is 7.02. The van der Waals surface area contributed by atoms with E-state index in [-0.39, 0.29) is 24.4 Å². The highest BCUT2D eigenvalue weighted by Crippen LogP contribution is 2.38. The topological polar surface area (TPSA) is 83.8 Å². The number of nitrogens with zero attached hydrogens (tertiary/aromatic N) is 4. The van der Waals surface area contributed by atoms with Gasteiger partial charge in [-0.25, -0.2) is 4.98 Å². The Bertz CT molecular complexity index is 1190. The fraction of sp³-hybridized carbons (Fsp3) is 0.520. The number of ether oxygens (including phenoxy) is 1. The van der Waals surface area contributed by atoms with Crippen molar-refractivity contribution in [1.82, 2.24) is 9.88 Å². The van der Waals surface area contributed by atoms with Gasteiger partial charge in [-0.2, -0.15) is 26.3 Å². The first-order valence-electron chi connectivity index (χ1n) is 12.6. The SMILES string of the molecule is O=[N+]([O-])c1ccc(N[C@H]2CC[C@H](OCC(=S)N3CCN(c4ccc(C(F)(F)F)cn4)CC3)CC2)cc1C(F)(F)F. The number of pyridine rings is 1. The Morgan fingerprint density at radius 3 is 2.25 bits per heavy atom. The highest BCUT2D eigenvalue weighted by molar-refractivity contribution is 7.80. The van der Waals surface area contributed by atoms with Crippen molar-refractivity contribution < 1.29 is 36.0 Å². The third-order valence-corrected chi connectivity index (χ3v) is 7.39. The van der Waals surface area contributed by atoms with Crippen molar-refractivity contribution >= 4 is 34.4 Å². The summed E-state index contributed by atoms with van der Waals surface area (Å²) in [5.41, 5.74) is -2.89. The Morgan fingerprint density at radius 2 is 1.70 bits per heavy atom. The van der Waals surface area contributed by atoms with Crippen molar-refractivity contribution in [2.24, 2.45) is 0 Å². The lowest BCUT2D eigenvalue weighted by Crippen LogP contribution is -2.49. The second-order valence-electron chi connectivity index (χ2n) is 9.69. The minimum absolute atomic E-state index is 0.0590. The summed E-state index contributed by atoms with van der Waals surface area (Å²) < 4.78 is 84.0. The lowest BCUT2D eigenvalue weighted by molar-refractivity contribution is -0.388. The standard InChI is InChI=1S/C25H27F6N5O3S/c26-24(27,28)16-1-8-22(32-14-16)34-9-11-35(12-10-34)23(40)15-39-19-5-2-17(3-6-19)33-18-4-7-21(36(37)38)20(13-18)25(29,30)31/h1,4,7-8,13-14,17,19,33H,2-3,5-6,9-12,15H2/t17-,19-. The Hall–Kier alpha value is -3.20. The molecule has 1 aromatic carbocycles. The van der Waals surface area contributed by atoms with Gasteiger partial charge in [0, 0.05) is 50.2 Å². The van der Waals surface area contributed by atoms with E-state index in [2.05, 4.69) is 10.3 Å². The molecule has 0 amide bonds. The molecule has 1 aliphatic carbocycles. The molecule has 1 saturated carbocycles. The van der Waals surface area contributed by atoms with Gasteiger partial charge in [-0.1, -0.05) is 12.2 Å². The number of nitrogens with one attached hydrogen (secondary N) is 1. The van der Waals surface area contributed by atoms with Gasteiger partial charge in [-0.15, -0.1) is 0 Å². The van der Waals surface area contributed by atoms with E-state index in [1.54, 1.807) is 0 Å². The van der Waals surface area contributed by atoms with Crippen LogP contribution in [-0.2, 0) is 17.1 Å². The molecule has 2 fully saturated rings. The van der Waals surface area contributed by atoms with Gasteiger partial charge in [0.2, 0.25) is 0 Å². The molecule has 0 radical (unpaired) electrons. The number of rotatable bonds is 7. The van der Waals surface area contributed by atoms with Crippen LogP contribution in [-0.4, -0.2) is 64.7 Å². The van der Waals surface area contributed by atoms with Gasteiger partial charge < -0.3 is 19.9 Å². The molecule has 1 aliphatic heterocycles. The van der Waals surface area contributed by atoms with Crippen LogP contribution < -0.4 is 10.2 Å². The first-order valence-corrected chi connectivity index (χ1v) is 13.0. The smallest absolute Gasteiger partial charge is 0.382 e.